The number of carbonyl (C=O) groups is 2. The smallest absolute Gasteiger partial charge is 0.261 e. The van der Waals surface area contributed by atoms with Gasteiger partial charge in [-0.25, -0.2) is 9.37 Å². The average molecular weight is 712 g/mol. The van der Waals surface area contributed by atoms with Crippen LogP contribution in [0.25, 0.3) is 33.3 Å². The van der Waals surface area contributed by atoms with E-state index >= 15 is 0 Å². The molecule has 0 spiro atoms. The number of fused-ring (bicyclic) bond motifs is 1. The first-order valence-electron chi connectivity index (χ1n) is 17.9. The number of benzene rings is 3. The van der Waals surface area contributed by atoms with E-state index in [4.69, 9.17) is 10.1 Å². The lowest BCUT2D eigenvalue weighted by molar-refractivity contribution is -0.135. The summed E-state index contributed by atoms with van der Waals surface area (Å²) < 4.78 is 15.6. The highest BCUT2D eigenvalue weighted by Gasteiger charge is 2.28. The standard InChI is InChI=1S/C42H42FN7O3/c1-25(2)42(53)49-19-16-33(17-20-49)50-36-15-18-45-40(46-22-28-6-5-26(3)27(4)21-28)37(36)38(48-50)30-9-13-32(14-10-30)47-41(52)35-24-44-23-34(39(35)51)29-7-11-31(43)12-8-29/h5-15,18,21,23-25,33H,16-17,19-20,22H2,1-4H3,(H,44,51)(H,45,46)(H,47,52). The van der Waals surface area contributed by atoms with E-state index in [1.165, 1.54) is 47.8 Å². The van der Waals surface area contributed by atoms with Crippen molar-refractivity contribution in [3.63, 3.8) is 0 Å². The zero-order chi connectivity index (χ0) is 37.2. The van der Waals surface area contributed by atoms with E-state index in [9.17, 15) is 19.1 Å². The molecule has 1 saturated heterocycles. The summed E-state index contributed by atoms with van der Waals surface area (Å²) in [5.41, 5.74) is 7.52. The van der Waals surface area contributed by atoms with Gasteiger partial charge in [0.15, 0.2) is 0 Å². The molecule has 11 heteroatoms. The van der Waals surface area contributed by atoms with E-state index in [2.05, 4.69) is 52.3 Å². The van der Waals surface area contributed by atoms with E-state index in [-0.39, 0.29) is 29.2 Å². The molecule has 3 aromatic carbocycles. The van der Waals surface area contributed by atoms with Gasteiger partial charge in [-0.05, 0) is 79.3 Å². The van der Waals surface area contributed by atoms with Gasteiger partial charge in [-0.15, -0.1) is 0 Å². The molecule has 0 bridgehead atoms. The van der Waals surface area contributed by atoms with Crippen molar-refractivity contribution >= 4 is 34.2 Å². The molecular weight excluding hydrogens is 670 g/mol. The molecule has 0 atom stereocenters. The molecule has 6 aromatic rings. The Labute approximate surface area is 307 Å². The summed E-state index contributed by atoms with van der Waals surface area (Å²) in [5.74, 6) is -0.329. The first-order valence-corrected chi connectivity index (χ1v) is 17.9. The summed E-state index contributed by atoms with van der Waals surface area (Å²) in [4.78, 5) is 36.9. The van der Waals surface area contributed by atoms with Gasteiger partial charge in [0.05, 0.1) is 16.9 Å². The van der Waals surface area contributed by atoms with Crippen LogP contribution >= 0.6 is 0 Å². The predicted molar refractivity (Wildman–Crippen MR) is 205 cm³/mol. The number of aromatic nitrogens is 4. The van der Waals surface area contributed by atoms with Crippen LogP contribution in [-0.2, 0) is 11.3 Å². The maximum absolute atomic E-state index is 13.5. The minimum absolute atomic E-state index is 0.00709. The third-order valence-corrected chi connectivity index (χ3v) is 10.0. The van der Waals surface area contributed by atoms with Crippen molar-refractivity contribution in [3.8, 4) is 28.1 Å². The van der Waals surface area contributed by atoms with E-state index < -0.39 is 11.7 Å². The van der Waals surface area contributed by atoms with Gasteiger partial charge in [0.1, 0.15) is 28.6 Å². The normalized spacial score (nSPS) is 13.4. The fourth-order valence-corrected chi connectivity index (χ4v) is 6.87. The summed E-state index contributed by atoms with van der Waals surface area (Å²) in [6.45, 7) is 10.0. The molecule has 0 saturated carbocycles. The molecule has 0 radical (unpaired) electrons. The third kappa shape index (κ3) is 7.32. The number of nitrogens with zero attached hydrogens (tertiary/aromatic N) is 5. The van der Waals surface area contributed by atoms with Crippen LogP contribution in [0, 0.1) is 25.6 Å². The molecule has 3 aromatic heterocycles. The number of carbonyl (C=O) groups excluding carboxylic acids is 2. The lowest BCUT2D eigenvalue weighted by atomic mass is 10.0. The number of pyridine rings is 2. The van der Waals surface area contributed by atoms with Crippen molar-refractivity contribution in [1.82, 2.24) is 24.6 Å². The Morgan fingerprint density at radius 1 is 0.925 bits per heavy atom. The fourth-order valence-electron chi connectivity index (χ4n) is 6.87. The van der Waals surface area contributed by atoms with Gasteiger partial charge < -0.3 is 20.6 Å². The highest BCUT2D eigenvalue weighted by Crippen LogP contribution is 2.37. The number of piperidine rings is 1. The van der Waals surface area contributed by atoms with E-state index in [0.717, 1.165) is 46.4 Å². The van der Waals surface area contributed by atoms with E-state index in [0.29, 0.717) is 36.4 Å². The Bertz CT molecular complexity index is 2290. The second-order valence-electron chi connectivity index (χ2n) is 14.0. The summed E-state index contributed by atoms with van der Waals surface area (Å²) in [5, 5.41) is 23.5. The van der Waals surface area contributed by atoms with Gasteiger partial charge in [-0.2, -0.15) is 5.10 Å². The molecule has 270 valence electrons. The van der Waals surface area contributed by atoms with Crippen molar-refractivity contribution < 1.29 is 19.1 Å². The van der Waals surface area contributed by atoms with Crippen molar-refractivity contribution in [2.75, 3.05) is 23.7 Å². The monoisotopic (exact) mass is 711 g/mol. The second-order valence-corrected chi connectivity index (χ2v) is 14.0. The highest BCUT2D eigenvalue weighted by atomic mass is 19.1. The van der Waals surface area contributed by atoms with E-state index in [1.807, 2.05) is 36.9 Å². The van der Waals surface area contributed by atoms with Crippen LogP contribution in [-0.4, -0.2) is 54.7 Å². The maximum Gasteiger partial charge on any atom is 0.261 e. The first-order chi connectivity index (χ1) is 25.6. The number of likely N-dealkylation sites (tertiary alicyclic amines) is 1. The van der Waals surface area contributed by atoms with Crippen molar-refractivity contribution in [2.45, 2.75) is 53.1 Å². The van der Waals surface area contributed by atoms with Crippen LogP contribution in [0.5, 0.6) is 5.75 Å². The molecule has 4 heterocycles. The number of nitrogens with one attached hydrogen (secondary N) is 2. The summed E-state index contributed by atoms with van der Waals surface area (Å²) in [7, 11) is 0. The largest absolute Gasteiger partial charge is 0.506 e. The Kier molecular flexibility index (Phi) is 9.90. The van der Waals surface area contributed by atoms with Crippen molar-refractivity contribution in [1.29, 1.82) is 0 Å². The van der Waals surface area contributed by atoms with Crippen LogP contribution in [0.2, 0.25) is 0 Å². The Balaban J connectivity index is 1.18. The minimum atomic E-state index is -0.536. The Morgan fingerprint density at radius 3 is 2.34 bits per heavy atom. The fraction of sp³-hybridized carbons (Fsp3) is 0.262. The van der Waals surface area contributed by atoms with Crippen LogP contribution in [0.1, 0.15) is 59.8 Å². The summed E-state index contributed by atoms with van der Waals surface area (Å²) in [6, 6.07) is 21.5. The lowest BCUT2D eigenvalue weighted by Gasteiger charge is -2.33. The van der Waals surface area contributed by atoms with Crippen LogP contribution in [0.3, 0.4) is 0 Å². The van der Waals surface area contributed by atoms with Gasteiger partial charge in [0, 0.05) is 61.0 Å². The molecule has 0 unspecified atom stereocenters. The number of aryl methyl sites for hydroxylation is 2. The van der Waals surface area contributed by atoms with Crippen LogP contribution < -0.4 is 10.6 Å². The molecule has 3 N–H and O–H groups in total. The average Bonchev–Trinajstić information content (AvgIpc) is 3.56. The van der Waals surface area contributed by atoms with Gasteiger partial charge in [0.25, 0.3) is 5.91 Å². The molecule has 1 aliphatic heterocycles. The molecule has 1 fully saturated rings. The molecule has 1 aliphatic rings. The second kappa shape index (κ2) is 14.9. The zero-order valence-corrected chi connectivity index (χ0v) is 30.2. The van der Waals surface area contributed by atoms with Gasteiger partial charge >= 0.3 is 0 Å². The Hall–Kier alpha value is -6.10. The van der Waals surface area contributed by atoms with Crippen LogP contribution in [0.4, 0.5) is 15.9 Å². The van der Waals surface area contributed by atoms with Crippen LogP contribution in [0.15, 0.2) is 91.4 Å². The zero-order valence-electron chi connectivity index (χ0n) is 30.2. The first kappa shape index (κ1) is 35.3. The molecule has 2 amide bonds. The highest BCUT2D eigenvalue weighted by molar-refractivity contribution is 6.07. The van der Waals surface area contributed by atoms with Crippen molar-refractivity contribution in [3.05, 3.63) is 119 Å². The molecule has 7 rings (SSSR count). The van der Waals surface area contributed by atoms with E-state index in [1.54, 1.807) is 18.3 Å². The number of hydrogen-bond donors (Lipinski definition) is 3. The number of amides is 2. The van der Waals surface area contributed by atoms with Crippen molar-refractivity contribution in [2.24, 2.45) is 5.92 Å². The molecule has 53 heavy (non-hydrogen) atoms. The molecular formula is C42H42FN7O3. The Morgan fingerprint density at radius 2 is 1.64 bits per heavy atom. The number of rotatable bonds is 9. The number of anilines is 2. The molecule has 0 aliphatic carbocycles. The van der Waals surface area contributed by atoms with Gasteiger partial charge in [0.2, 0.25) is 5.91 Å². The quantitative estimate of drug-likeness (QED) is 0.138. The lowest BCUT2D eigenvalue weighted by Crippen LogP contribution is -2.41. The minimum Gasteiger partial charge on any atom is -0.506 e. The van der Waals surface area contributed by atoms with Gasteiger partial charge in [-0.3, -0.25) is 19.3 Å². The maximum atomic E-state index is 13.5. The van der Waals surface area contributed by atoms with Gasteiger partial charge in [-0.1, -0.05) is 56.3 Å². The SMILES string of the molecule is Cc1ccc(CNc2nccc3c2c(-c2ccc(NC(=O)c4cncc(-c5ccc(F)cc5)c4O)cc2)nn3C2CCN(C(=O)C(C)C)CC2)cc1C. The summed E-state index contributed by atoms with van der Waals surface area (Å²) >= 11 is 0. The molecule has 10 nitrogen and oxygen atoms in total. The predicted octanol–water partition coefficient (Wildman–Crippen LogP) is 8.31. The number of aromatic hydroxyl groups is 1. The third-order valence-electron chi connectivity index (χ3n) is 10.0. The number of hydrogen-bond acceptors (Lipinski definition) is 7. The topological polar surface area (TPSA) is 125 Å². The number of halogens is 1. The summed E-state index contributed by atoms with van der Waals surface area (Å²) in [6.07, 6.45) is 6.12.